The van der Waals surface area contributed by atoms with E-state index in [4.69, 9.17) is 0 Å². The Morgan fingerprint density at radius 3 is 3.12 bits per heavy atom. The SMILES string of the molecule is c1ccc(SSCCC2CCCCS2)nc1. The summed E-state index contributed by atoms with van der Waals surface area (Å²) in [5.74, 6) is 2.63. The Morgan fingerprint density at radius 2 is 2.38 bits per heavy atom. The van der Waals surface area contributed by atoms with Gasteiger partial charge in [0, 0.05) is 17.2 Å². The third kappa shape index (κ3) is 4.60. The van der Waals surface area contributed by atoms with Gasteiger partial charge >= 0.3 is 0 Å². The third-order valence-corrected chi connectivity index (χ3v) is 6.34. The lowest BCUT2D eigenvalue weighted by molar-refractivity contribution is 0.654. The first kappa shape index (κ1) is 12.7. The number of nitrogens with zero attached hydrogens (tertiary/aromatic N) is 1. The standard InChI is InChI=1S/C12H17NS3/c1-3-8-13-12(6-1)16-15-10-7-11-5-2-4-9-14-11/h1,3,6,8,11H,2,4-5,7,9-10H2. The van der Waals surface area contributed by atoms with Gasteiger partial charge in [0.15, 0.2) is 0 Å². The predicted molar refractivity (Wildman–Crippen MR) is 77.3 cm³/mol. The summed E-state index contributed by atoms with van der Waals surface area (Å²) in [6, 6.07) is 6.09. The molecule has 1 saturated heterocycles. The van der Waals surface area contributed by atoms with E-state index in [2.05, 4.69) is 22.8 Å². The Morgan fingerprint density at radius 1 is 1.38 bits per heavy atom. The van der Waals surface area contributed by atoms with Crippen LogP contribution >= 0.6 is 33.3 Å². The Balaban J connectivity index is 1.58. The lowest BCUT2D eigenvalue weighted by atomic mass is 10.1. The number of aromatic nitrogens is 1. The van der Waals surface area contributed by atoms with Crippen LogP contribution in [0.2, 0.25) is 0 Å². The normalized spacial score (nSPS) is 20.9. The summed E-state index contributed by atoms with van der Waals surface area (Å²) in [5.41, 5.74) is 0. The number of rotatable bonds is 5. The molecule has 0 amide bonds. The maximum Gasteiger partial charge on any atom is 0.106 e. The lowest BCUT2D eigenvalue weighted by Crippen LogP contribution is -2.09. The molecule has 0 N–H and O–H groups in total. The van der Waals surface area contributed by atoms with Gasteiger partial charge in [0.2, 0.25) is 0 Å². The van der Waals surface area contributed by atoms with E-state index in [1.54, 1.807) is 10.8 Å². The maximum atomic E-state index is 4.30. The first-order valence-corrected chi connectivity index (χ1v) is 9.14. The molecule has 88 valence electrons. The molecule has 4 heteroatoms. The summed E-state index contributed by atoms with van der Waals surface area (Å²) in [4.78, 5) is 4.30. The number of thioether (sulfide) groups is 1. The van der Waals surface area contributed by atoms with Crippen molar-refractivity contribution >= 4 is 33.3 Å². The highest BCUT2D eigenvalue weighted by Crippen LogP contribution is 2.33. The average Bonchev–Trinajstić information content (AvgIpc) is 2.37. The van der Waals surface area contributed by atoms with E-state index in [1.165, 1.54) is 37.2 Å². The zero-order valence-electron chi connectivity index (χ0n) is 9.30. The van der Waals surface area contributed by atoms with E-state index < -0.39 is 0 Å². The molecule has 2 heterocycles. The Labute approximate surface area is 110 Å². The van der Waals surface area contributed by atoms with E-state index >= 15 is 0 Å². The Bertz CT molecular complexity index is 286. The van der Waals surface area contributed by atoms with Gasteiger partial charge in [0.05, 0.1) is 0 Å². The van der Waals surface area contributed by atoms with Gasteiger partial charge in [-0.15, -0.1) is 0 Å². The van der Waals surface area contributed by atoms with Crippen molar-refractivity contribution in [1.29, 1.82) is 0 Å². The quantitative estimate of drug-likeness (QED) is 0.577. The van der Waals surface area contributed by atoms with Crippen LogP contribution in [0, 0.1) is 0 Å². The summed E-state index contributed by atoms with van der Waals surface area (Å²) in [7, 11) is 3.75. The van der Waals surface area contributed by atoms with Gasteiger partial charge in [-0.2, -0.15) is 11.8 Å². The first-order chi connectivity index (χ1) is 7.95. The van der Waals surface area contributed by atoms with Gasteiger partial charge in [-0.25, -0.2) is 4.98 Å². The van der Waals surface area contributed by atoms with Crippen molar-refractivity contribution in [2.24, 2.45) is 0 Å². The molecule has 1 aliphatic heterocycles. The van der Waals surface area contributed by atoms with Crippen molar-refractivity contribution < 1.29 is 0 Å². The highest BCUT2D eigenvalue weighted by Gasteiger charge is 2.13. The second kappa shape index (κ2) is 7.51. The van der Waals surface area contributed by atoms with Crippen molar-refractivity contribution in [2.75, 3.05) is 11.5 Å². The smallest absolute Gasteiger partial charge is 0.106 e. The van der Waals surface area contributed by atoms with Crippen LogP contribution in [0.25, 0.3) is 0 Å². The fourth-order valence-corrected chi connectivity index (χ4v) is 5.20. The molecule has 1 aromatic rings. The van der Waals surface area contributed by atoms with Crippen molar-refractivity contribution in [3.63, 3.8) is 0 Å². The van der Waals surface area contributed by atoms with Gasteiger partial charge in [0.25, 0.3) is 0 Å². The summed E-state index contributed by atoms with van der Waals surface area (Å²) < 4.78 is 0. The zero-order valence-corrected chi connectivity index (χ0v) is 11.8. The van der Waals surface area contributed by atoms with Crippen LogP contribution in [0.3, 0.4) is 0 Å². The van der Waals surface area contributed by atoms with Crippen LogP contribution in [-0.2, 0) is 0 Å². The molecule has 0 saturated carbocycles. The zero-order chi connectivity index (χ0) is 11.1. The second-order valence-electron chi connectivity index (χ2n) is 3.85. The highest BCUT2D eigenvalue weighted by molar-refractivity contribution is 8.76. The largest absolute Gasteiger partial charge is 0.249 e. The van der Waals surface area contributed by atoms with Crippen molar-refractivity contribution in [2.45, 2.75) is 36.0 Å². The first-order valence-electron chi connectivity index (χ1n) is 5.77. The molecule has 1 aromatic heterocycles. The summed E-state index contributed by atoms with van der Waals surface area (Å²) in [5, 5.41) is 2.05. The Kier molecular flexibility index (Phi) is 5.94. The highest BCUT2D eigenvalue weighted by atomic mass is 33.1. The van der Waals surface area contributed by atoms with E-state index in [-0.39, 0.29) is 0 Å². The molecule has 1 nitrogen and oxygen atoms in total. The monoisotopic (exact) mass is 271 g/mol. The molecule has 0 aliphatic carbocycles. The molecule has 2 rings (SSSR count). The fourth-order valence-electron chi connectivity index (χ4n) is 1.71. The molecule has 0 spiro atoms. The predicted octanol–water partition coefficient (Wildman–Crippen LogP) is 4.50. The molecule has 1 unspecified atom stereocenters. The molecular weight excluding hydrogens is 254 g/mol. The molecule has 1 fully saturated rings. The molecule has 0 aromatic carbocycles. The Hall–Kier alpha value is 0.200. The van der Waals surface area contributed by atoms with Crippen LogP contribution in [0.5, 0.6) is 0 Å². The van der Waals surface area contributed by atoms with Gasteiger partial charge in [-0.1, -0.05) is 23.3 Å². The average molecular weight is 271 g/mol. The summed E-state index contributed by atoms with van der Waals surface area (Å²) in [6.07, 6.45) is 7.52. The molecule has 1 atom stereocenters. The number of pyridine rings is 1. The van der Waals surface area contributed by atoms with Crippen molar-refractivity contribution in [3.05, 3.63) is 24.4 Å². The molecular formula is C12H17NS3. The molecule has 1 aliphatic rings. The van der Waals surface area contributed by atoms with Gasteiger partial charge in [0.1, 0.15) is 5.03 Å². The maximum absolute atomic E-state index is 4.30. The van der Waals surface area contributed by atoms with Crippen molar-refractivity contribution in [3.8, 4) is 0 Å². The molecule has 16 heavy (non-hydrogen) atoms. The van der Waals surface area contributed by atoms with E-state index in [9.17, 15) is 0 Å². The number of hydrogen-bond acceptors (Lipinski definition) is 4. The second-order valence-corrected chi connectivity index (χ2v) is 7.69. The van der Waals surface area contributed by atoms with Crippen LogP contribution in [0.1, 0.15) is 25.7 Å². The van der Waals surface area contributed by atoms with Crippen molar-refractivity contribution in [1.82, 2.24) is 4.98 Å². The van der Waals surface area contributed by atoms with Crippen LogP contribution in [0.4, 0.5) is 0 Å². The fraction of sp³-hybridized carbons (Fsp3) is 0.583. The molecule has 0 bridgehead atoms. The molecule has 0 radical (unpaired) electrons. The topological polar surface area (TPSA) is 12.9 Å². The minimum atomic E-state index is 0.922. The van der Waals surface area contributed by atoms with E-state index in [0.717, 1.165) is 10.3 Å². The van der Waals surface area contributed by atoms with Crippen LogP contribution < -0.4 is 0 Å². The summed E-state index contributed by atoms with van der Waals surface area (Å²) >= 11 is 2.17. The van der Waals surface area contributed by atoms with E-state index in [1.807, 2.05) is 29.1 Å². The minimum absolute atomic E-state index is 0.922. The van der Waals surface area contributed by atoms with Gasteiger partial charge < -0.3 is 0 Å². The van der Waals surface area contributed by atoms with E-state index in [0.29, 0.717) is 0 Å². The minimum Gasteiger partial charge on any atom is -0.249 e. The lowest BCUT2D eigenvalue weighted by Gasteiger charge is -2.20. The summed E-state index contributed by atoms with van der Waals surface area (Å²) in [6.45, 7) is 0. The number of hydrogen-bond donors (Lipinski definition) is 0. The van der Waals surface area contributed by atoms with Crippen LogP contribution in [0.15, 0.2) is 29.4 Å². The van der Waals surface area contributed by atoms with Gasteiger partial charge in [-0.05, 0) is 47.9 Å². The van der Waals surface area contributed by atoms with Crippen LogP contribution in [-0.4, -0.2) is 21.7 Å². The third-order valence-electron chi connectivity index (χ3n) is 2.58. The van der Waals surface area contributed by atoms with Gasteiger partial charge in [-0.3, -0.25) is 0 Å².